The van der Waals surface area contributed by atoms with Gasteiger partial charge >= 0.3 is 0 Å². The van der Waals surface area contributed by atoms with Crippen molar-refractivity contribution in [3.05, 3.63) is 59.7 Å². The Bertz CT molecular complexity index is 1450. The third-order valence-electron chi connectivity index (χ3n) is 5.58. The third-order valence-corrected chi connectivity index (χ3v) is 5.58. The SMILES string of the molecule is COc1ccc(-c2nc3c4c(C)c(C)n(-c5cccc(C)n5)c4ncn3n2)cc1OC. The molecule has 0 amide bonds. The molecular weight excluding hydrogens is 392 g/mol. The van der Waals surface area contributed by atoms with Crippen LogP contribution in [0.3, 0.4) is 0 Å². The van der Waals surface area contributed by atoms with E-state index in [-0.39, 0.29) is 0 Å². The van der Waals surface area contributed by atoms with E-state index in [4.69, 9.17) is 24.4 Å². The van der Waals surface area contributed by atoms with Crippen molar-refractivity contribution in [2.75, 3.05) is 14.2 Å². The summed E-state index contributed by atoms with van der Waals surface area (Å²) in [5.41, 5.74) is 5.53. The molecule has 0 aliphatic rings. The molecule has 4 aromatic heterocycles. The molecule has 5 rings (SSSR count). The molecule has 1 aromatic carbocycles. The third kappa shape index (κ3) is 2.91. The first-order valence-corrected chi connectivity index (χ1v) is 9.91. The summed E-state index contributed by atoms with van der Waals surface area (Å²) in [6, 6.07) is 11.6. The Hall–Kier alpha value is -3.94. The van der Waals surface area contributed by atoms with E-state index in [1.54, 1.807) is 25.1 Å². The monoisotopic (exact) mass is 414 g/mol. The molecule has 0 radical (unpaired) electrons. The second-order valence-electron chi connectivity index (χ2n) is 7.40. The van der Waals surface area contributed by atoms with Crippen molar-refractivity contribution in [3.63, 3.8) is 0 Å². The average Bonchev–Trinajstić information content (AvgIpc) is 3.32. The van der Waals surface area contributed by atoms with Crippen LogP contribution in [0.4, 0.5) is 0 Å². The number of pyridine rings is 1. The van der Waals surface area contributed by atoms with Crippen LogP contribution in [0.25, 0.3) is 33.9 Å². The molecule has 0 fully saturated rings. The minimum absolute atomic E-state index is 0.591. The highest BCUT2D eigenvalue weighted by atomic mass is 16.5. The van der Waals surface area contributed by atoms with E-state index in [1.165, 1.54) is 0 Å². The maximum Gasteiger partial charge on any atom is 0.182 e. The normalized spacial score (nSPS) is 11.4. The second kappa shape index (κ2) is 7.09. The van der Waals surface area contributed by atoms with Gasteiger partial charge in [0.2, 0.25) is 0 Å². The van der Waals surface area contributed by atoms with Gasteiger partial charge in [0.1, 0.15) is 12.1 Å². The lowest BCUT2D eigenvalue weighted by atomic mass is 10.2. The summed E-state index contributed by atoms with van der Waals surface area (Å²) in [5, 5.41) is 5.61. The molecule has 0 spiro atoms. The van der Waals surface area contributed by atoms with E-state index in [0.717, 1.165) is 45.0 Å². The summed E-state index contributed by atoms with van der Waals surface area (Å²) in [6.07, 6.45) is 1.69. The fraction of sp³-hybridized carbons (Fsp3) is 0.217. The summed E-state index contributed by atoms with van der Waals surface area (Å²) in [6.45, 7) is 6.14. The maximum atomic E-state index is 5.43. The summed E-state index contributed by atoms with van der Waals surface area (Å²) in [4.78, 5) is 14.2. The Morgan fingerprint density at radius 2 is 1.68 bits per heavy atom. The molecule has 31 heavy (non-hydrogen) atoms. The Kier molecular flexibility index (Phi) is 4.35. The van der Waals surface area contributed by atoms with Crippen LogP contribution in [0, 0.1) is 20.8 Å². The van der Waals surface area contributed by atoms with Crippen molar-refractivity contribution in [2.24, 2.45) is 0 Å². The molecule has 0 N–H and O–H groups in total. The summed E-state index contributed by atoms with van der Waals surface area (Å²) in [5.74, 6) is 2.72. The molecule has 8 nitrogen and oxygen atoms in total. The first-order valence-electron chi connectivity index (χ1n) is 9.91. The number of benzene rings is 1. The van der Waals surface area contributed by atoms with E-state index < -0.39 is 0 Å². The van der Waals surface area contributed by atoms with E-state index in [1.807, 2.05) is 43.3 Å². The molecular formula is C23H22N6O2. The topological polar surface area (TPSA) is 79.4 Å². The number of hydrogen-bond donors (Lipinski definition) is 0. The van der Waals surface area contributed by atoms with Crippen molar-refractivity contribution >= 4 is 16.7 Å². The summed E-state index contributed by atoms with van der Waals surface area (Å²) >= 11 is 0. The predicted octanol–water partition coefficient (Wildman–Crippen LogP) is 4.07. The van der Waals surface area contributed by atoms with Gasteiger partial charge in [0.05, 0.1) is 19.6 Å². The molecule has 0 atom stereocenters. The zero-order valence-electron chi connectivity index (χ0n) is 18.0. The van der Waals surface area contributed by atoms with Gasteiger partial charge in [-0.2, -0.15) is 0 Å². The molecule has 0 bridgehead atoms. The van der Waals surface area contributed by atoms with Crippen LogP contribution in [0.1, 0.15) is 17.0 Å². The molecule has 0 saturated heterocycles. The van der Waals surface area contributed by atoms with Crippen LogP contribution >= 0.6 is 0 Å². The molecule has 0 aliphatic carbocycles. The number of ether oxygens (including phenoxy) is 2. The van der Waals surface area contributed by atoms with Gasteiger partial charge in [0.15, 0.2) is 28.6 Å². The van der Waals surface area contributed by atoms with Crippen molar-refractivity contribution < 1.29 is 9.47 Å². The molecule has 0 aliphatic heterocycles. The van der Waals surface area contributed by atoms with E-state index in [9.17, 15) is 0 Å². The van der Waals surface area contributed by atoms with Crippen molar-refractivity contribution in [1.82, 2.24) is 29.1 Å². The minimum atomic E-state index is 0.591. The Morgan fingerprint density at radius 1 is 0.871 bits per heavy atom. The van der Waals surface area contributed by atoms with Crippen LogP contribution in [0.2, 0.25) is 0 Å². The predicted molar refractivity (Wildman–Crippen MR) is 118 cm³/mol. The largest absolute Gasteiger partial charge is 0.493 e. The van der Waals surface area contributed by atoms with Gasteiger partial charge in [-0.15, -0.1) is 5.10 Å². The number of aromatic nitrogens is 6. The molecule has 8 heteroatoms. The highest BCUT2D eigenvalue weighted by Crippen LogP contribution is 2.33. The van der Waals surface area contributed by atoms with Gasteiger partial charge in [0, 0.05) is 17.0 Å². The lowest BCUT2D eigenvalue weighted by Gasteiger charge is -2.07. The van der Waals surface area contributed by atoms with Crippen LogP contribution in [-0.2, 0) is 0 Å². The highest BCUT2D eigenvalue weighted by Gasteiger charge is 2.20. The molecule has 0 saturated carbocycles. The molecule has 5 aromatic rings. The van der Waals surface area contributed by atoms with Gasteiger partial charge in [0.25, 0.3) is 0 Å². The second-order valence-corrected chi connectivity index (χ2v) is 7.40. The van der Waals surface area contributed by atoms with Crippen LogP contribution in [-0.4, -0.2) is 43.4 Å². The Morgan fingerprint density at radius 3 is 2.42 bits per heavy atom. The van der Waals surface area contributed by atoms with E-state index in [0.29, 0.717) is 17.3 Å². The number of fused-ring (bicyclic) bond motifs is 3. The van der Waals surface area contributed by atoms with Crippen molar-refractivity contribution in [1.29, 1.82) is 0 Å². The summed E-state index contributed by atoms with van der Waals surface area (Å²) in [7, 11) is 3.22. The zero-order chi connectivity index (χ0) is 21.7. The van der Waals surface area contributed by atoms with Gasteiger partial charge in [-0.05, 0) is 56.7 Å². The first kappa shape index (κ1) is 19.0. The highest BCUT2D eigenvalue weighted by molar-refractivity contribution is 5.95. The average molecular weight is 414 g/mol. The van der Waals surface area contributed by atoms with Crippen LogP contribution in [0.5, 0.6) is 11.5 Å². The number of nitrogens with zero attached hydrogens (tertiary/aromatic N) is 6. The van der Waals surface area contributed by atoms with Crippen molar-refractivity contribution in [2.45, 2.75) is 20.8 Å². The smallest absolute Gasteiger partial charge is 0.182 e. The van der Waals surface area contributed by atoms with E-state index >= 15 is 0 Å². The van der Waals surface area contributed by atoms with Gasteiger partial charge < -0.3 is 9.47 Å². The zero-order valence-corrected chi connectivity index (χ0v) is 18.0. The lowest BCUT2D eigenvalue weighted by Crippen LogP contribution is -2.02. The van der Waals surface area contributed by atoms with Crippen LogP contribution in [0.15, 0.2) is 42.7 Å². The molecule has 156 valence electrons. The molecule has 4 heterocycles. The lowest BCUT2D eigenvalue weighted by molar-refractivity contribution is 0.355. The van der Waals surface area contributed by atoms with E-state index in [2.05, 4.69) is 23.5 Å². The Balaban J connectivity index is 1.74. The van der Waals surface area contributed by atoms with Crippen molar-refractivity contribution in [3.8, 4) is 28.7 Å². The van der Waals surface area contributed by atoms with Gasteiger partial charge in [-0.3, -0.25) is 4.57 Å². The summed E-state index contributed by atoms with van der Waals surface area (Å²) < 4.78 is 14.6. The Labute approximate surface area is 179 Å². The van der Waals surface area contributed by atoms with Crippen LogP contribution < -0.4 is 9.47 Å². The number of rotatable bonds is 4. The molecule has 0 unspecified atom stereocenters. The fourth-order valence-electron chi connectivity index (χ4n) is 3.89. The number of hydrogen-bond acceptors (Lipinski definition) is 6. The van der Waals surface area contributed by atoms with Gasteiger partial charge in [-0.1, -0.05) is 6.07 Å². The van der Waals surface area contributed by atoms with Gasteiger partial charge in [-0.25, -0.2) is 19.5 Å². The first-order chi connectivity index (χ1) is 15.0. The number of methoxy groups -OCH3 is 2. The number of aryl methyl sites for hydroxylation is 2. The minimum Gasteiger partial charge on any atom is -0.493 e. The maximum absolute atomic E-state index is 5.43. The standard InChI is InChI=1S/C23H22N6O2/c1-13-7-6-8-19(25-13)29-15(3)14(2)20-22(29)24-12-28-23(20)26-21(27-28)16-9-10-17(30-4)18(11-16)31-5/h6-12H,1-5H3. The fourth-order valence-corrected chi connectivity index (χ4v) is 3.89. The quantitative estimate of drug-likeness (QED) is 0.441.